The largest absolute Gasteiger partial charge is 0.0894 e. The lowest BCUT2D eigenvalue weighted by Crippen LogP contribution is -2.06. The average Bonchev–Trinajstić information content (AvgIpc) is 2.07. The monoisotopic (exact) mass is 254 g/mol. The molecule has 0 N–H and O–H groups in total. The summed E-state index contributed by atoms with van der Waals surface area (Å²) < 4.78 is 0. The number of halogens is 1. The van der Waals surface area contributed by atoms with E-state index in [2.05, 4.69) is 61.0 Å². The van der Waals surface area contributed by atoms with Crippen LogP contribution in [0.5, 0.6) is 0 Å². The summed E-state index contributed by atoms with van der Waals surface area (Å²) in [5.74, 6) is 0.755. The van der Waals surface area contributed by atoms with E-state index in [1.807, 2.05) is 0 Å². The van der Waals surface area contributed by atoms with E-state index < -0.39 is 0 Å². The molecule has 0 spiro atoms. The molecule has 0 saturated heterocycles. The molecule has 0 nitrogen and oxygen atoms in total. The number of alkyl halides is 1. The number of rotatable bonds is 4. The molecule has 0 amide bonds. The van der Waals surface area contributed by atoms with Gasteiger partial charge in [-0.1, -0.05) is 54.0 Å². The summed E-state index contributed by atoms with van der Waals surface area (Å²) in [4.78, 5) is 0.626. The van der Waals surface area contributed by atoms with E-state index in [0.29, 0.717) is 4.83 Å². The van der Waals surface area contributed by atoms with Crippen LogP contribution >= 0.6 is 15.9 Å². The zero-order valence-electron chi connectivity index (χ0n) is 9.26. The Balaban J connectivity index is 2.56. The molecule has 2 atom stereocenters. The SMILES string of the molecule is Cc1ccccc1CC(C)CC(C)Br. The zero-order chi connectivity index (χ0) is 10.6. The first-order valence-corrected chi connectivity index (χ1v) is 6.19. The Bertz CT molecular complexity index is 278. The van der Waals surface area contributed by atoms with E-state index in [0.717, 1.165) is 5.92 Å². The maximum atomic E-state index is 3.61. The van der Waals surface area contributed by atoms with Crippen LogP contribution < -0.4 is 0 Å². The second-order valence-electron chi connectivity index (χ2n) is 4.25. The molecule has 1 rings (SSSR count). The molecule has 0 aliphatic heterocycles. The van der Waals surface area contributed by atoms with Crippen molar-refractivity contribution in [2.75, 3.05) is 0 Å². The molecule has 14 heavy (non-hydrogen) atoms. The van der Waals surface area contributed by atoms with Gasteiger partial charge in [-0.05, 0) is 36.8 Å². The van der Waals surface area contributed by atoms with Gasteiger partial charge in [0, 0.05) is 4.83 Å². The summed E-state index contributed by atoms with van der Waals surface area (Å²) in [5.41, 5.74) is 2.91. The molecule has 1 aromatic rings. The number of aryl methyl sites for hydroxylation is 1. The normalized spacial score (nSPS) is 15.1. The standard InChI is InChI=1S/C13H19Br/c1-10(8-12(3)14)9-13-7-5-4-6-11(13)2/h4-7,10,12H,8-9H2,1-3H3. The summed E-state index contributed by atoms with van der Waals surface area (Å²) in [7, 11) is 0. The van der Waals surface area contributed by atoms with Gasteiger partial charge in [-0.2, -0.15) is 0 Å². The molecule has 0 fully saturated rings. The van der Waals surface area contributed by atoms with Crippen molar-refractivity contribution >= 4 is 15.9 Å². The molecule has 0 aromatic heterocycles. The highest BCUT2D eigenvalue weighted by Crippen LogP contribution is 2.19. The average molecular weight is 255 g/mol. The van der Waals surface area contributed by atoms with Crippen molar-refractivity contribution in [1.82, 2.24) is 0 Å². The van der Waals surface area contributed by atoms with Gasteiger partial charge in [0.05, 0.1) is 0 Å². The Kier molecular flexibility index (Phi) is 4.67. The Morgan fingerprint density at radius 2 is 1.86 bits per heavy atom. The summed E-state index contributed by atoms with van der Waals surface area (Å²) >= 11 is 3.61. The molecule has 2 unspecified atom stereocenters. The highest BCUT2D eigenvalue weighted by molar-refractivity contribution is 9.09. The first-order chi connectivity index (χ1) is 6.59. The Hall–Kier alpha value is -0.300. The van der Waals surface area contributed by atoms with Crippen LogP contribution in [0, 0.1) is 12.8 Å². The summed E-state index contributed by atoms with van der Waals surface area (Å²) in [6.07, 6.45) is 2.44. The molecule has 0 aliphatic carbocycles. The lowest BCUT2D eigenvalue weighted by molar-refractivity contribution is 0.531. The zero-order valence-corrected chi connectivity index (χ0v) is 10.8. The van der Waals surface area contributed by atoms with Gasteiger partial charge in [0.1, 0.15) is 0 Å². The first kappa shape index (κ1) is 11.8. The van der Waals surface area contributed by atoms with Gasteiger partial charge in [0.15, 0.2) is 0 Å². The lowest BCUT2D eigenvalue weighted by Gasteiger charge is -2.14. The van der Waals surface area contributed by atoms with Gasteiger partial charge < -0.3 is 0 Å². The summed E-state index contributed by atoms with van der Waals surface area (Å²) in [6, 6.07) is 8.67. The number of hydrogen-bond acceptors (Lipinski definition) is 0. The van der Waals surface area contributed by atoms with Crippen LogP contribution in [-0.2, 0) is 6.42 Å². The van der Waals surface area contributed by atoms with Crippen molar-refractivity contribution in [3.05, 3.63) is 35.4 Å². The molecule has 78 valence electrons. The second kappa shape index (κ2) is 5.55. The summed E-state index contributed by atoms with van der Waals surface area (Å²) in [5, 5.41) is 0. The second-order valence-corrected chi connectivity index (χ2v) is 5.82. The minimum atomic E-state index is 0.626. The topological polar surface area (TPSA) is 0 Å². The number of hydrogen-bond donors (Lipinski definition) is 0. The van der Waals surface area contributed by atoms with E-state index >= 15 is 0 Å². The van der Waals surface area contributed by atoms with Crippen molar-refractivity contribution in [3.8, 4) is 0 Å². The van der Waals surface area contributed by atoms with Crippen LogP contribution in [0.2, 0.25) is 0 Å². The van der Waals surface area contributed by atoms with Crippen LogP contribution in [0.4, 0.5) is 0 Å². The van der Waals surface area contributed by atoms with Crippen LogP contribution in [0.3, 0.4) is 0 Å². The minimum absolute atomic E-state index is 0.626. The van der Waals surface area contributed by atoms with E-state index in [-0.39, 0.29) is 0 Å². The van der Waals surface area contributed by atoms with Crippen LogP contribution in [-0.4, -0.2) is 4.83 Å². The molecular formula is C13H19Br. The molecular weight excluding hydrogens is 236 g/mol. The highest BCUT2D eigenvalue weighted by Gasteiger charge is 2.08. The van der Waals surface area contributed by atoms with Crippen LogP contribution in [0.1, 0.15) is 31.4 Å². The van der Waals surface area contributed by atoms with Gasteiger partial charge in [-0.15, -0.1) is 0 Å². The first-order valence-electron chi connectivity index (χ1n) is 5.28. The lowest BCUT2D eigenvalue weighted by atomic mass is 9.94. The van der Waals surface area contributed by atoms with Gasteiger partial charge in [0.2, 0.25) is 0 Å². The van der Waals surface area contributed by atoms with E-state index in [4.69, 9.17) is 0 Å². The van der Waals surface area contributed by atoms with E-state index in [9.17, 15) is 0 Å². The van der Waals surface area contributed by atoms with Gasteiger partial charge in [0.25, 0.3) is 0 Å². The van der Waals surface area contributed by atoms with Gasteiger partial charge in [-0.3, -0.25) is 0 Å². The maximum absolute atomic E-state index is 3.61. The third kappa shape index (κ3) is 3.83. The molecule has 0 heterocycles. The van der Waals surface area contributed by atoms with E-state index in [1.54, 1.807) is 0 Å². The van der Waals surface area contributed by atoms with Crippen LogP contribution in [0.25, 0.3) is 0 Å². The third-order valence-electron chi connectivity index (χ3n) is 2.56. The summed E-state index contributed by atoms with van der Waals surface area (Å²) in [6.45, 7) is 6.73. The molecule has 1 heteroatoms. The van der Waals surface area contributed by atoms with Crippen molar-refractivity contribution in [3.63, 3.8) is 0 Å². The fourth-order valence-electron chi connectivity index (χ4n) is 1.85. The van der Waals surface area contributed by atoms with E-state index in [1.165, 1.54) is 24.0 Å². The smallest absolute Gasteiger partial charge is 0.0120 e. The fraction of sp³-hybridized carbons (Fsp3) is 0.538. The predicted octanol–water partition coefficient (Wildman–Crippen LogP) is 4.35. The van der Waals surface area contributed by atoms with Crippen molar-refractivity contribution < 1.29 is 0 Å². The maximum Gasteiger partial charge on any atom is 0.0120 e. The van der Waals surface area contributed by atoms with Crippen molar-refractivity contribution in [1.29, 1.82) is 0 Å². The minimum Gasteiger partial charge on any atom is -0.0894 e. The third-order valence-corrected chi connectivity index (χ3v) is 2.93. The molecule has 0 saturated carbocycles. The molecule has 0 aliphatic rings. The molecule has 0 radical (unpaired) electrons. The van der Waals surface area contributed by atoms with Gasteiger partial charge >= 0.3 is 0 Å². The highest BCUT2D eigenvalue weighted by atomic mass is 79.9. The van der Waals surface area contributed by atoms with Crippen LogP contribution in [0.15, 0.2) is 24.3 Å². The number of benzene rings is 1. The molecule has 1 aromatic carbocycles. The fourth-order valence-corrected chi connectivity index (χ4v) is 2.49. The molecule has 0 bridgehead atoms. The Morgan fingerprint density at radius 3 is 2.43 bits per heavy atom. The Labute approximate surface area is 95.9 Å². The van der Waals surface area contributed by atoms with Gasteiger partial charge in [-0.25, -0.2) is 0 Å². The quantitative estimate of drug-likeness (QED) is 0.702. The predicted molar refractivity (Wildman–Crippen MR) is 67.1 cm³/mol. The van der Waals surface area contributed by atoms with Crippen molar-refractivity contribution in [2.24, 2.45) is 5.92 Å². The Morgan fingerprint density at radius 1 is 1.21 bits per heavy atom. The van der Waals surface area contributed by atoms with Crippen molar-refractivity contribution in [2.45, 2.75) is 38.4 Å².